The van der Waals surface area contributed by atoms with Crippen molar-refractivity contribution < 1.29 is 13.5 Å². The summed E-state index contributed by atoms with van der Waals surface area (Å²) in [4.78, 5) is 3.94. The Hall–Kier alpha value is -2.36. The fraction of sp³-hybridized carbons (Fsp3) is 0.0714. The highest BCUT2D eigenvalue weighted by Crippen LogP contribution is 2.25. The van der Waals surface area contributed by atoms with Gasteiger partial charge in [-0.25, -0.2) is 4.39 Å². The van der Waals surface area contributed by atoms with Crippen LogP contribution in [-0.4, -0.2) is 4.98 Å². The molecule has 0 amide bonds. The molecule has 0 fully saturated rings. The summed E-state index contributed by atoms with van der Waals surface area (Å²) in [6.45, 7) is 0.250. The highest BCUT2D eigenvalue weighted by molar-refractivity contribution is 5.81. The molecule has 0 saturated heterocycles. The summed E-state index contributed by atoms with van der Waals surface area (Å²) in [7, 11) is 0. The van der Waals surface area contributed by atoms with Crippen molar-refractivity contribution in [1.29, 1.82) is 0 Å². The molecule has 4 heteroatoms. The van der Waals surface area contributed by atoms with E-state index in [1.165, 1.54) is 12.3 Å². The van der Waals surface area contributed by atoms with E-state index in [0.717, 1.165) is 0 Å². The van der Waals surface area contributed by atoms with Crippen molar-refractivity contribution in [3.63, 3.8) is 0 Å². The molecule has 0 N–H and O–H groups in total. The molecule has 90 valence electrons. The van der Waals surface area contributed by atoms with Crippen LogP contribution in [0, 0.1) is 5.82 Å². The molecule has 0 saturated carbocycles. The molecular weight excluding hydrogens is 233 g/mol. The van der Waals surface area contributed by atoms with Crippen LogP contribution in [0.4, 0.5) is 4.39 Å². The Balaban J connectivity index is 1.87. The van der Waals surface area contributed by atoms with Crippen LogP contribution in [0.15, 0.2) is 53.4 Å². The Labute approximate surface area is 103 Å². The summed E-state index contributed by atoms with van der Waals surface area (Å²) in [5, 5.41) is 0.474. The Morgan fingerprint density at radius 3 is 3.00 bits per heavy atom. The number of ether oxygens (including phenoxy) is 1. The van der Waals surface area contributed by atoms with Crippen molar-refractivity contribution in [2.75, 3.05) is 0 Å². The predicted octanol–water partition coefficient (Wildman–Crippen LogP) is 3.55. The van der Waals surface area contributed by atoms with Gasteiger partial charge in [-0.2, -0.15) is 0 Å². The molecule has 0 bridgehead atoms. The van der Waals surface area contributed by atoms with E-state index >= 15 is 0 Å². The van der Waals surface area contributed by atoms with E-state index in [9.17, 15) is 4.39 Å². The first-order chi connectivity index (χ1) is 8.84. The number of nitrogens with zero attached hydrogens (tertiary/aromatic N) is 1. The first-order valence-corrected chi connectivity index (χ1v) is 5.52. The van der Waals surface area contributed by atoms with E-state index in [-0.39, 0.29) is 12.4 Å². The zero-order valence-corrected chi connectivity index (χ0v) is 9.47. The van der Waals surface area contributed by atoms with E-state index in [4.69, 9.17) is 9.15 Å². The Kier molecular flexibility index (Phi) is 2.68. The summed E-state index contributed by atoms with van der Waals surface area (Å²) in [6, 6.07) is 8.33. The molecule has 0 radical (unpaired) electrons. The molecule has 0 unspecified atom stereocenters. The van der Waals surface area contributed by atoms with Crippen LogP contribution in [0.5, 0.6) is 5.75 Å². The molecule has 3 aromatic rings. The van der Waals surface area contributed by atoms with Crippen molar-refractivity contribution in [2.24, 2.45) is 0 Å². The molecule has 18 heavy (non-hydrogen) atoms. The lowest BCUT2D eigenvalue weighted by Gasteiger charge is -2.03. The second-order valence-corrected chi connectivity index (χ2v) is 3.85. The third-order valence-corrected chi connectivity index (χ3v) is 2.65. The van der Waals surface area contributed by atoms with Gasteiger partial charge in [0.15, 0.2) is 0 Å². The number of hydrogen-bond donors (Lipinski definition) is 0. The SMILES string of the molecule is Fc1cccc2occ(COc3cccnc3)c12. The van der Waals surface area contributed by atoms with Crippen molar-refractivity contribution in [3.05, 3.63) is 60.4 Å². The van der Waals surface area contributed by atoms with Gasteiger partial charge in [-0.1, -0.05) is 6.07 Å². The zero-order valence-electron chi connectivity index (χ0n) is 9.47. The molecular formula is C14H10FNO2. The number of pyridine rings is 1. The van der Waals surface area contributed by atoms with Crippen LogP contribution in [-0.2, 0) is 6.61 Å². The molecule has 0 aliphatic heterocycles. The van der Waals surface area contributed by atoms with E-state index in [1.807, 2.05) is 0 Å². The number of aromatic nitrogens is 1. The number of rotatable bonds is 3. The van der Waals surface area contributed by atoms with Crippen molar-refractivity contribution in [3.8, 4) is 5.75 Å². The number of halogens is 1. The van der Waals surface area contributed by atoms with Gasteiger partial charge in [0.05, 0.1) is 17.8 Å². The van der Waals surface area contributed by atoms with E-state index in [1.54, 1.807) is 36.7 Å². The highest BCUT2D eigenvalue weighted by atomic mass is 19.1. The number of fused-ring (bicyclic) bond motifs is 1. The monoisotopic (exact) mass is 243 g/mol. The molecule has 1 aromatic carbocycles. The normalized spacial score (nSPS) is 10.7. The van der Waals surface area contributed by atoms with Crippen LogP contribution in [0.3, 0.4) is 0 Å². The van der Waals surface area contributed by atoms with Gasteiger partial charge in [0.1, 0.15) is 23.8 Å². The average Bonchev–Trinajstić information content (AvgIpc) is 2.82. The maximum atomic E-state index is 13.7. The third kappa shape index (κ3) is 1.93. The first kappa shape index (κ1) is 10.8. The van der Waals surface area contributed by atoms with Gasteiger partial charge >= 0.3 is 0 Å². The summed E-state index contributed by atoms with van der Waals surface area (Å²) in [6.07, 6.45) is 4.79. The average molecular weight is 243 g/mol. The van der Waals surface area contributed by atoms with Gasteiger partial charge in [0.25, 0.3) is 0 Å². The Morgan fingerprint density at radius 2 is 2.17 bits per heavy atom. The van der Waals surface area contributed by atoms with Gasteiger partial charge < -0.3 is 9.15 Å². The van der Waals surface area contributed by atoms with Crippen LogP contribution < -0.4 is 4.74 Å². The largest absolute Gasteiger partial charge is 0.487 e. The summed E-state index contributed by atoms with van der Waals surface area (Å²) in [5.41, 5.74) is 1.21. The minimum absolute atomic E-state index is 0.250. The molecule has 0 aliphatic carbocycles. The van der Waals surface area contributed by atoms with Gasteiger partial charge in [0, 0.05) is 11.8 Å². The van der Waals surface area contributed by atoms with Crippen molar-refractivity contribution >= 4 is 11.0 Å². The fourth-order valence-corrected chi connectivity index (χ4v) is 1.81. The second-order valence-electron chi connectivity index (χ2n) is 3.85. The molecule has 0 atom stereocenters. The number of furan rings is 1. The van der Waals surface area contributed by atoms with Gasteiger partial charge in [-0.3, -0.25) is 4.98 Å². The van der Waals surface area contributed by atoms with Gasteiger partial charge in [0.2, 0.25) is 0 Å². The second kappa shape index (κ2) is 4.49. The lowest BCUT2D eigenvalue weighted by Crippen LogP contribution is -1.95. The fourth-order valence-electron chi connectivity index (χ4n) is 1.81. The summed E-state index contributed by atoms with van der Waals surface area (Å²) in [5.74, 6) is 0.342. The number of benzene rings is 1. The zero-order chi connectivity index (χ0) is 12.4. The van der Waals surface area contributed by atoms with Crippen molar-refractivity contribution in [1.82, 2.24) is 4.98 Å². The first-order valence-electron chi connectivity index (χ1n) is 5.52. The minimum Gasteiger partial charge on any atom is -0.487 e. The molecule has 2 aromatic heterocycles. The van der Waals surface area contributed by atoms with Gasteiger partial charge in [-0.05, 0) is 24.3 Å². The molecule has 0 aliphatic rings. The smallest absolute Gasteiger partial charge is 0.138 e. The molecule has 3 nitrogen and oxygen atoms in total. The topological polar surface area (TPSA) is 35.3 Å². The quantitative estimate of drug-likeness (QED) is 0.705. The maximum Gasteiger partial charge on any atom is 0.138 e. The standard InChI is InChI=1S/C14H10FNO2/c15-12-4-1-5-13-14(12)10(9-18-13)8-17-11-3-2-6-16-7-11/h1-7,9H,8H2. The van der Waals surface area contributed by atoms with Crippen molar-refractivity contribution in [2.45, 2.75) is 6.61 Å². The lowest BCUT2D eigenvalue weighted by atomic mass is 10.2. The van der Waals surface area contributed by atoms with Gasteiger partial charge in [-0.15, -0.1) is 0 Å². The minimum atomic E-state index is -0.300. The highest BCUT2D eigenvalue weighted by Gasteiger charge is 2.10. The summed E-state index contributed by atoms with van der Waals surface area (Å²) < 4.78 is 24.5. The van der Waals surface area contributed by atoms with Crippen LogP contribution in [0.25, 0.3) is 11.0 Å². The molecule has 2 heterocycles. The Morgan fingerprint density at radius 1 is 1.22 bits per heavy atom. The van der Waals surface area contributed by atoms with Crippen LogP contribution in [0.2, 0.25) is 0 Å². The predicted molar refractivity (Wildman–Crippen MR) is 64.7 cm³/mol. The lowest BCUT2D eigenvalue weighted by molar-refractivity contribution is 0.304. The van der Waals surface area contributed by atoms with Crippen LogP contribution >= 0.6 is 0 Å². The van der Waals surface area contributed by atoms with E-state index in [0.29, 0.717) is 22.3 Å². The third-order valence-electron chi connectivity index (χ3n) is 2.65. The van der Waals surface area contributed by atoms with E-state index < -0.39 is 0 Å². The number of hydrogen-bond acceptors (Lipinski definition) is 3. The van der Waals surface area contributed by atoms with E-state index in [2.05, 4.69) is 4.98 Å². The maximum absolute atomic E-state index is 13.7. The molecule has 3 rings (SSSR count). The molecule has 0 spiro atoms. The Bertz CT molecular complexity index is 664. The van der Waals surface area contributed by atoms with Crippen LogP contribution in [0.1, 0.15) is 5.56 Å². The summed E-state index contributed by atoms with van der Waals surface area (Å²) >= 11 is 0.